The highest BCUT2D eigenvalue weighted by atomic mass is 16.3. The third kappa shape index (κ3) is 3.98. The number of fused-ring (bicyclic) bond motifs is 17. The molecule has 0 aliphatic rings. The van der Waals surface area contributed by atoms with E-state index in [9.17, 15) is 0 Å². The van der Waals surface area contributed by atoms with Crippen LogP contribution in [0.4, 0.5) is 0 Å². The highest BCUT2D eigenvalue weighted by Gasteiger charge is 2.27. The predicted octanol–water partition coefficient (Wildman–Crippen LogP) is 14.3. The molecule has 0 unspecified atom stereocenters. The van der Waals surface area contributed by atoms with Gasteiger partial charge in [-0.3, -0.25) is 0 Å². The summed E-state index contributed by atoms with van der Waals surface area (Å²) < 4.78 is 11.5. The average molecular weight is 751 g/mol. The number of benzene rings is 9. The number of para-hydroxylation sites is 4. The normalized spacial score (nSPS) is 12.4. The third-order valence-electron chi connectivity index (χ3n) is 12.6. The zero-order chi connectivity index (χ0) is 38.3. The van der Waals surface area contributed by atoms with Crippen molar-refractivity contribution in [2.45, 2.75) is 0 Å². The Hall–Kier alpha value is -8.02. The van der Waals surface area contributed by atoms with Crippen LogP contribution in [-0.4, -0.2) is 18.9 Å². The number of nitrogens with zero attached hydrogens (tertiary/aromatic N) is 4. The van der Waals surface area contributed by atoms with Crippen molar-refractivity contribution in [3.05, 3.63) is 182 Å². The molecule has 5 heteroatoms. The lowest BCUT2D eigenvalue weighted by atomic mass is 9.98. The molecule has 14 rings (SSSR count). The first kappa shape index (κ1) is 31.1. The van der Waals surface area contributed by atoms with Gasteiger partial charge in [0.2, 0.25) is 0 Å². The van der Waals surface area contributed by atoms with Crippen LogP contribution in [-0.2, 0) is 0 Å². The van der Waals surface area contributed by atoms with Crippen LogP contribution >= 0.6 is 0 Å². The van der Waals surface area contributed by atoms with Crippen LogP contribution in [0.15, 0.2) is 186 Å². The van der Waals surface area contributed by atoms with Crippen molar-refractivity contribution in [2.24, 2.45) is 0 Å². The lowest BCUT2D eigenvalue weighted by Gasteiger charge is -2.16. The van der Waals surface area contributed by atoms with Gasteiger partial charge in [0, 0.05) is 54.2 Å². The molecule has 0 saturated carbocycles. The molecule has 9 aromatic carbocycles. The number of hydrogen-bond acceptors (Lipinski definition) is 3. The zero-order valence-corrected chi connectivity index (χ0v) is 31.5. The summed E-state index contributed by atoms with van der Waals surface area (Å²) in [5.41, 5.74) is 12.2. The summed E-state index contributed by atoms with van der Waals surface area (Å²) in [7, 11) is 0. The van der Waals surface area contributed by atoms with Crippen LogP contribution in [0.2, 0.25) is 0 Å². The average Bonchev–Trinajstić information content (AvgIpc) is 4.05. The molecule has 0 aliphatic carbocycles. The van der Waals surface area contributed by atoms with Gasteiger partial charge in [-0.05, 0) is 52.6 Å². The summed E-state index contributed by atoms with van der Waals surface area (Å²) in [6, 6.07) is 65.2. The fourth-order valence-electron chi connectivity index (χ4n) is 10.3. The standard InChI is InChI=1S/C54H30N4O/c1-2-15-31(16-3-1)48-53-49(40-23-10-13-28-45(40)59-53)56-54(55-48)38-29-30-44(33-18-5-4-17-32(33)38)57-43-27-12-9-22-39(43)46-35-20-6-7-21-36(35)47-41-25-14-24-37-34-19-8-11-26-42(34)58(50(37)41)52(47)51(46)57/h1-30H. The van der Waals surface area contributed by atoms with Gasteiger partial charge in [0.05, 0.1) is 33.3 Å². The Morgan fingerprint density at radius 3 is 1.81 bits per heavy atom. The van der Waals surface area contributed by atoms with Crippen molar-refractivity contribution in [1.82, 2.24) is 18.9 Å². The molecule has 14 aromatic rings. The molecule has 272 valence electrons. The Morgan fingerprint density at radius 2 is 1.00 bits per heavy atom. The van der Waals surface area contributed by atoms with Gasteiger partial charge in [-0.25, -0.2) is 9.97 Å². The lowest BCUT2D eigenvalue weighted by Crippen LogP contribution is -1.99. The second kappa shape index (κ2) is 11.3. The molecule has 0 bridgehead atoms. The third-order valence-corrected chi connectivity index (χ3v) is 12.6. The molecule has 0 radical (unpaired) electrons. The Morgan fingerprint density at radius 1 is 0.390 bits per heavy atom. The van der Waals surface area contributed by atoms with E-state index >= 15 is 0 Å². The highest BCUT2D eigenvalue weighted by molar-refractivity contribution is 6.39. The molecule has 5 nitrogen and oxygen atoms in total. The summed E-state index contributed by atoms with van der Waals surface area (Å²) in [6.07, 6.45) is 0. The maximum atomic E-state index is 6.47. The monoisotopic (exact) mass is 750 g/mol. The van der Waals surface area contributed by atoms with Gasteiger partial charge < -0.3 is 13.4 Å². The van der Waals surface area contributed by atoms with E-state index in [4.69, 9.17) is 14.4 Å². The molecule has 0 aliphatic heterocycles. The Kier molecular flexibility index (Phi) is 5.96. The second-order valence-corrected chi connectivity index (χ2v) is 15.6. The van der Waals surface area contributed by atoms with Gasteiger partial charge in [-0.15, -0.1) is 0 Å². The van der Waals surface area contributed by atoms with Crippen molar-refractivity contribution in [1.29, 1.82) is 0 Å². The van der Waals surface area contributed by atoms with Crippen molar-refractivity contribution in [3.8, 4) is 28.3 Å². The minimum Gasteiger partial charge on any atom is -0.452 e. The quantitative estimate of drug-likeness (QED) is 0.181. The fourth-order valence-corrected chi connectivity index (χ4v) is 10.3. The van der Waals surface area contributed by atoms with Gasteiger partial charge in [0.25, 0.3) is 0 Å². The van der Waals surface area contributed by atoms with E-state index in [0.29, 0.717) is 11.4 Å². The van der Waals surface area contributed by atoms with E-state index in [0.717, 1.165) is 55.3 Å². The molecule has 59 heavy (non-hydrogen) atoms. The molecule has 0 saturated heterocycles. The van der Waals surface area contributed by atoms with Gasteiger partial charge in [0.15, 0.2) is 11.4 Å². The molecule has 5 heterocycles. The largest absolute Gasteiger partial charge is 0.452 e. The van der Waals surface area contributed by atoms with Crippen LogP contribution in [0.5, 0.6) is 0 Å². The van der Waals surface area contributed by atoms with Gasteiger partial charge >= 0.3 is 0 Å². The smallest absolute Gasteiger partial charge is 0.180 e. The maximum absolute atomic E-state index is 6.47. The molecular weight excluding hydrogens is 721 g/mol. The number of aromatic nitrogens is 4. The van der Waals surface area contributed by atoms with E-state index < -0.39 is 0 Å². The fraction of sp³-hybridized carbons (Fsp3) is 0. The van der Waals surface area contributed by atoms with Gasteiger partial charge in [-0.2, -0.15) is 0 Å². The van der Waals surface area contributed by atoms with Crippen molar-refractivity contribution in [3.63, 3.8) is 0 Å². The van der Waals surface area contributed by atoms with E-state index in [1.54, 1.807) is 0 Å². The molecule has 0 amide bonds. The van der Waals surface area contributed by atoms with Crippen LogP contribution in [0, 0.1) is 0 Å². The number of hydrogen-bond donors (Lipinski definition) is 0. The second-order valence-electron chi connectivity index (χ2n) is 15.6. The molecule has 0 fully saturated rings. The molecule has 5 aromatic heterocycles. The summed E-state index contributed by atoms with van der Waals surface area (Å²) in [5.74, 6) is 0.663. The number of rotatable bonds is 3. The summed E-state index contributed by atoms with van der Waals surface area (Å²) in [6.45, 7) is 0. The van der Waals surface area contributed by atoms with E-state index in [-0.39, 0.29) is 0 Å². The van der Waals surface area contributed by atoms with Crippen LogP contribution < -0.4 is 0 Å². The maximum Gasteiger partial charge on any atom is 0.180 e. The van der Waals surface area contributed by atoms with E-state index in [1.807, 2.05) is 36.4 Å². The lowest BCUT2D eigenvalue weighted by molar-refractivity contribution is 0.667. The van der Waals surface area contributed by atoms with Crippen molar-refractivity contribution in [2.75, 3.05) is 0 Å². The first-order chi connectivity index (χ1) is 29.3. The minimum atomic E-state index is 0.663. The van der Waals surface area contributed by atoms with Crippen molar-refractivity contribution < 1.29 is 4.42 Å². The topological polar surface area (TPSA) is 48.3 Å². The first-order valence-corrected chi connectivity index (χ1v) is 20.1. The Bertz CT molecular complexity index is 4070. The molecule has 0 atom stereocenters. The molecular formula is C54H30N4O. The highest BCUT2D eigenvalue weighted by Crippen LogP contribution is 2.49. The van der Waals surface area contributed by atoms with E-state index in [1.165, 1.54) is 65.2 Å². The van der Waals surface area contributed by atoms with Crippen LogP contribution in [0.3, 0.4) is 0 Å². The van der Waals surface area contributed by atoms with E-state index in [2.05, 4.69) is 155 Å². The van der Waals surface area contributed by atoms with Gasteiger partial charge in [-0.1, -0.05) is 146 Å². The molecule has 0 spiro atoms. The SMILES string of the molecule is c1ccc(-c2nc(-c3ccc(-n4c5ccccc5c5c6ccccc6c6c7cccc8c9ccccc9n(c87)c6c54)c4ccccc34)nc3c2oc2ccccc23)cc1. The first-order valence-electron chi connectivity index (χ1n) is 20.1. The predicted molar refractivity (Wildman–Crippen MR) is 244 cm³/mol. The Balaban J connectivity index is 1.14. The summed E-state index contributed by atoms with van der Waals surface area (Å²) >= 11 is 0. The Labute approximate surface area is 335 Å². The van der Waals surface area contributed by atoms with Gasteiger partial charge in [0.1, 0.15) is 16.8 Å². The van der Waals surface area contributed by atoms with Crippen molar-refractivity contribution >= 4 is 104 Å². The minimum absolute atomic E-state index is 0.663. The summed E-state index contributed by atoms with van der Waals surface area (Å²) in [4.78, 5) is 10.6. The zero-order valence-electron chi connectivity index (χ0n) is 31.5. The van der Waals surface area contributed by atoms with Crippen LogP contribution in [0.25, 0.3) is 132 Å². The summed E-state index contributed by atoms with van der Waals surface area (Å²) in [5, 5.41) is 13.3. The number of furan rings is 1. The van der Waals surface area contributed by atoms with Crippen LogP contribution in [0.1, 0.15) is 0 Å². The molecule has 0 N–H and O–H groups in total.